The number of hydrogen-bond acceptors (Lipinski definition) is 3. The molecule has 0 spiro atoms. The van der Waals surface area contributed by atoms with Crippen LogP contribution in [0.1, 0.15) is 24.5 Å². The van der Waals surface area contributed by atoms with E-state index in [1.165, 1.54) is 23.9 Å². The van der Waals surface area contributed by atoms with Crippen molar-refractivity contribution in [3.05, 3.63) is 65.5 Å². The molecule has 23 heavy (non-hydrogen) atoms. The lowest BCUT2D eigenvalue weighted by Gasteiger charge is -2.06. The van der Waals surface area contributed by atoms with Crippen LogP contribution in [0.25, 0.3) is 0 Å². The summed E-state index contributed by atoms with van der Waals surface area (Å²) in [5, 5.41) is 3.79. The monoisotopic (exact) mass is 314 g/mol. The van der Waals surface area contributed by atoms with Crippen molar-refractivity contribution < 1.29 is 13.9 Å². The molecule has 4 nitrogen and oxygen atoms in total. The minimum atomic E-state index is -0.360. The number of nitrogens with zero attached hydrogens (tertiary/aromatic N) is 1. The first kappa shape index (κ1) is 16.7. The molecule has 2 rings (SSSR count). The molecule has 0 aliphatic carbocycles. The van der Waals surface area contributed by atoms with Gasteiger partial charge in [0.1, 0.15) is 11.6 Å². The Balaban J connectivity index is 1.75. The maximum Gasteiger partial charge on any atom is 0.277 e. The van der Waals surface area contributed by atoms with E-state index in [9.17, 15) is 9.18 Å². The second-order valence-electron chi connectivity index (χ2n) is 5.03. The Labute approximate surface area is 135 Å². The normalized spacial score (nSPS) is 10.7. The topological polar surface area (TPSA) is 50.7 Å². The fourth-order valence-electron chi connectivity index (χ4n) is 1.95. The number of halogens is 1. The summed E-state index contributed by atoms with van der Waals surface area (Å²) >= 11 is 0. The second kappa shape index (κ2) is 8.68. The quantitative estimate of drug-likeness (QED) is 0.629. The van der Waals surface area contributed by atoms with Crippen LogP contribution in [0.4, 0.5) is 4.39 Å². The zero-order chi connectivity index (χ0) is 16.5. The number of hydrogen-bond donors (Lipinski definition) is 1. The van der Waals surface area contributed by atoms with E-state index in [4.69, 9.17) is 4.74 Å². The number of amides is 1. The van der Waals surface area contributed by atoms with Crippen LogP contribution in [0.3, 0.4) is 0 Å². The average molecular weight is 314 g/mol. The minimum absolute atomic E-state index is 0.117. The summed E-state index contributed by atoms with van der Waals surface area (Å²) in [6.45, 7) is 2.01. The van der Waals surface area contributed by atoms with Gasteiger partial charge in [-0.15, -0.1) is 0 Å². The van der Waals surface area contributed by atoms with Gasteiger partial charge in [0.05, 0.1) is 6.21 Å². The lowest BCUT2D eigenvalue weighted by Crippen LogP contribution is -2.24. The fourth-order valence-corrected chi connectivity index (χ4v) is 1.95. The summed E-state index contributed by atoms with van der Waals surface area (Å²) in [5.74, 6) is -0.0342. The molecule has 0 heterocycles. The van der Waals surface area contributed by atoms with E-state index in [0.717, 1.165) is 12.8 Å². The highest BCUT2D eigenvalue weighted by atomic mass is 19.1. The maximum absolute atomic E-state index is 12.7. The Bertz CT molecular complexity index is 652. The average Bonchev–Trinajstić information content (AvgIpc) is 2.56. The molecule has 0 radical (unpaired) electrons. The summed E-state index contributed by atoms with van der Waals surface area (Å²) < 4.78 is 18.1. The van der Waals surface area contributed by atoms with E-state index >= 15 is 0 Å². The molecule has 120 valence electrons. The number of carbonyl (C=O) groups excluding carboxylic acids is 1. The summed E-state index contributed by atoms with van der Waals surface area (Å²) in [6, 6.07) is 13.5. The van der Waals surface area contributed by atoms with Crippen LogP contribution < -0.4 is 10.2 Å². The van der Waals surface area contributed by atoms with Crippen LogP contribution in [-0.4, -0.2) is 18.7 Å². The molecule has 0 bridgehead atoms. The van der Waals surface area contributed by atoms with Gasteiger partial charge in [0.2, 0.25) is 0 Å². The van der Waals surface area contributed by atoms with Crippen molar-refractivity contribution in [1.82, 2.24) is 5.43 Å². The Hall–Kier alpha value is -2.69. The van der Waals surface area contributed by atoms with E-state index < -0.39 is 0 Å². The highest BCUT2D eigenvalue weighted by Crippen LogP contribution is 2.13. The third kappa shape index (κ3) is 5.90. The molecule has 2 aromatic carbocycles. The first-order chi connectivity index (χ1) is 11.2. The second-order valence-corrected chi connectivity index (χ2v) is 5.03. The van der Waals surface area contributed by atoms with Crippen molar-refractivity contribution in [2.24, 2.45) is 5.10 Å². The predicted octanol–water partition coefficient (Wildman–Crippen LogP) is 3.31. The minimum Gasteiger partial charge on any atom is -0.484 e. The molecule has 5 heteroatoms. The maximum atomic E-state index is 12.7. The molecule has 0 saturated heterocycles. The zero-order valence-corrected chi connectivity index (χ0v) is 13.0. The van der Waals surface area contributed by atoms with Crippen LogP contribution in [0, 0.1) is 5.82 Å². The first-order valence-electron chi connectivity index (χ1n) is 7.46. The molecule has 0 unspecified atom stereocenters. The number of carbonyl (C=O) groups is 1. The molecule has 0 fully saturated rings. The van der Waals surface area contributed by atoms with Gasteiger partial charge < -0.3 is 4.74 Å². The molecule has 2 aromatic rings. The van der Waals surface area contributed by atoms with E-state index in [1.54, 1.807) is 12.1 Å². The Kier molecular flexibility index (Phi) is 6.29. The molecular formula is C18H19FN2O2. The van der Waals surface area contributed by atoms with Crippen LogP contribution in [0.5, 0.6) is 5.75 Å². The van der Waals surface area contributed by atoms with E-state index in [1.807, 2.05) is 24.3 Å². The molecule has 0 aliphatic rings. The number of rotatable bonds is 7. The lowest BCUT2D eigenvalue weighted by molar-refractivity contribution is -0.123. The van der Waals surface area contributed by atoms with Crippen LogP contribution in [-0.2, 0) is 11.2 Å². The summed E-state index contributed by atoms with van der Waals surface area (Å²) in [6.07, 6.45) is 3.56. The van der Waals surface area contributed by atoms with Gasteiger partial charge in [-0.2, -0.15) is 5.10 Å². The van der Waals surface area contributed by atoms with Gasteiger partial charge in [-0.1, -0.05) is 37.6 Å². The smallest absolute Gasteiger partial charge is 0.277 e. The molecule has 1 amide bonds. The molecule has 0 aliphatic heterocycles. The Morgan fingerprint density at radius 2 is 1.87 bits per heavy atom. The SMILES string of the molecule is CCCc1ccc(OCC(=O)N/N=C/c2ccc(F)cc2)cc1. The van der Waals surface area contributed by atoms with Crippen molar-refractivity contribution >= 4 is 12.1 Å². The summed E-state index contributed by atoms with van der Waals surface area (Å²) in [7, 11) is 0. The third-order valence-corrected chi connectivity index (χ3v) is 3.10. The lowest BCUT2D eigenvalue weighted by atomic mass is 10.1. The summed E-state index contributed by atoms with van der Waals surface area (Å²) in [5.41, 5.74) is 4.30. The first-order valence-corrected chi connectivity index (χ1v) is 7.46. The number of ether oxygens (including phenoxy) is 1. The van der Waals surface area contributed by atoms with Crippen LogP contribution >= 0.6 is 0 Å². The van der Waals surface area contributed by atoms with E-state index in [2.05, 4.69) is 17.5 Å². The number of benzene rings is 2. The van der Waals surface area contributed by atoms with Crippen molar-refractivity contribution in [1.29, 1.82) is 0 Å². The van der Waals surface area contributed by atoms with Gasteiger partial charge >= 0.3 is 0 Å². The van der Waals surface area contributed by atoms with Gasteiger partial charge in [-0.05, 0) is 41.8 Å². The fraction of sp³-hybridized carbons (Fsp3) is 0.222. The van der Waals surface area contributed by atoms with Crippen molar-refractivity contribution in [2.45, 2.75) is 19.8 Å². The predicted molar refractivity (Wildman–Crippen MR) is 88.1 cm³/mol. The number of hydrazone groups is 1. The Morgan fingerprint density at radius 3 is 2.52 bits per heavy atom. The molecule has 0 saturated carbocycles. The number of aryl methyl sites for hydroxylation is 1. The van der Waals surface area contributed by atoms with Crippen molar-refractivity contribution in [3.63, 3.8) is 0 Å². The van der Waals surface area contributed by atoms with E-state index in [0.29, 0.717) is 11.3 Å². The molecule has 0 aromatic heterocycles. The molecular weight excluding hydrogens is 295 g/mol. The highest BCUT2D eigenvalue weighted by molar-refractivity contribution is 5.82. The van der Waals surface area contributed by atoms with Crippen LogP contribution in [0.15, 0.2) is 53.6 Å². The standard InChI is InChI=1S/C18H19FN2O2/c1-2-3-14-6-10-17(11-7-14)23-13-18(22)21-20-12-15-4-8-16(19)9-5-15/h4-12H,2-3,13H2,1H3,(H,21,22)/b20-12+. The summed E-state index contributed by atoms with van der Waals surface area (Å²) in [4.78, 5) is 11.6. The molecule has 1 N–H and O–H groups in total. The Morgan fingerprint density at radius 1 is 1.17 bits per heavy atom. The van der Waals surface area contributed by atoms with Gasteiger partial charge in [0.25, 0.3) is 5.91 Å². The van der Waals surface area contributed by atoms with Gasteiger partial charge in [-0.3, -0.25) is 4.79 Å². The third-order valence-electron chi connectivity index (χ3n) is 3.10. The van der Waals surface area contributed by atoms with Gasteiger partial charge in [0.15, 0.2) is 6.61 Å². The highest BCUT2D eigenvalue weighted by Gasteiger charge is 2.01. The van der Waals surface area contributed by atoms with Crippen LogP contribution in [0.2, 0.25) is 0 Å². The zero-order valence-electron chi connectivity index (χ0n) is 13.0. The van der Waals surface area contributed by atoms with Crippen molar-refractivity contribution in [2.75, 3.05) is 6.61 Å². The van der Waals surface area contributed by atoms with E-state index in [-0.39, 0.29) is 18.3 Å². The van der Waals surface area contributed by atoms with Crippen molar-refractivity contribution in [3.8, 4) is 5.75 Å². The molecule has 0 atom stereocenters. The largest absolute Gasteiger partial charge is 0.484 e. The van der Waals surface area contributed by atoms with Gasteiger partial charge in [-0.25, -0.2) is 9.82 Å². The van der Waals surface area contributed by atoms with Gasteiger partial charge in [0, 0.05) is 0 Å². The number of nitrogens with one attached hydrogen (secondary N) is 1.